The van der Waals surface area contributed by atoms with E-state index in [1.165, 1.54) is 4.90 Å². The number of nitrogens with zero attached hydrogens (tertiary/aromatic N) is 2. The first-order valence-electron chi connectivity index (χ1n) is 6.56. The predicted molar refractivity (Wildman–Crippen MR) is 74.8 cm³/mol. The van der Waals surface area contributed by atoms with Gasteiger partial charge in [-0.3, -0.25) is 24.8 Å². The molecule has 1 saturated heterocycles. The minimum Gasteiger partial charge on any atom is -0.298 e. The summed E-state index contributed by atoms with van der Waals surface area (Å²) in [7, 11) is 0. The van der Waals surface area contributed by atoms with E-state index in [1.54, 1.807) is 13.1 Å². The number of hydrogen-bond acceptors (Lipinski definition) is 4. The molecule has 1 atom stereocenters. The van der Waals surface area contributed by atoms with E-state index in [4.69, 9.17) is 0 Å². The Balaban J connectivity index is 1.88. The van der Waals surface area contributed by atoms with Crippen LogP contribution in [0.5, 0.6) is 0 Å². The number of amides is 2. The summed E-state index contributed by atoms with van der Waals surface area (Å²) in [5.41, 5.74) is 1.84. The highest BCUT2D eigenvalue weighted by Gasteiger charge is 2.30. The Morgan fingerprint density at radius 1 is 1.35 bits per heavy atom. The molecule has 102 valence electrons. The maximum absolute atomic E-state index is 12.0. The van der Waals surface area contributed by atoms with Crippen LogP contribution < -0.4 is 5.32 Å². The second kappa shape index (κ2) is 5.02. The molecule has 1 fully saturated rings. The van der Waals surface area contributed by atoms with Crippen LogP contribution in [0.4, 0.5) is 0 Å². The lowest BCUT2D eigenvalue weighted by Crippen LogP contribution is -2.56. The maximum atomic E-state index is 12.0. The second-order valence-electron chi connectivity index (χ2n) is 4.95. The van der Waals surface area contributed by atoms with E-state index in [2.05, 4.69) is 10.3 Å². The van der Waals surface area contributed by atoms with E-state index >= 15 is 0 Å². The van der Waals surface area contributed by atoms with Gasteiger partial charge in [-0.05, 0) is 30.7 Å². The zero-order chi connectivity index (χ0) is 14.1. The van der Waals surface area contributed by atoms with Crippen LogP contribution >= 0.6 is 0 Å². The highest BCUT2D eigenvalue weighted by molar-refractivity contribution is 6.01. The number of nitrogens with one attached hydrogen (secondary N) is 1. The third-order valence-electron chi connectivity index (χ3n) is 3.51. The zero-order valence-corrected chi connectivity index (χ0v) is 11.2. The third kappa shape index (κ3) is 2.28. The van der Waals surface area contributed by atoms with E-state index < -0.39 is 0 Å². The Bertz CT molecular complexity index is 684. The minimum absolute atomic E-state index is 0.174. The molecule has 0 bridgehead atoms. The van der Waals surface area contributed by atoms with Crippen molar-refractivity contribution in [1.82, 2.24) is 15.2 Å². The average Bonchev–Trinajstić information content (AvgIpc) is 2.47. The minimum atomic E-state index is -0.310. The maximum Gasteiger partial charge on any atom is 0.246 e. The first-order chi connectivity index (χ1) is 9.65. The van der Waals surface area contributed by atoms with Crippen molar-refractivity contribution in [2.45, 2.75) is 19.5 Å². The predicted octanol–water partition coefficient (Wildman–Crippen LogP) is 1.08. The first-order valence-corrected chi connectivity index (χ1v) is 6.56. The molecule has 1 N–H and O–H groups in total. The Morgan fingerprint density at radius 3 is 3.05 bits per heavy atom. The normalized spacial score (nSPS) is 19.6. The molecule has 2 amide bonds. The molecular weight excluding hydrogens is 254 g/mol. The largest absolute Gasteiger partial charge is 0.298 e. The van der Waals surface area contributed by atoms with Gasteiger partial charge in [-0.25, -0.2) is 0 Å². The molecule has 1 aromatic heterocycles. The van der Waals surface area contributed by atoms with Gasteiger partial charge in [0, 0.05) is 11.6 Å². The van der Waals surface area contributed by atoms with Crippen molar-refractivity contribution in [2.24, 2.45) is 0 Å². The van der Waals surface area contributed by atoms with Gasteiger partial charge < -0.3 is 0 Å². The fourth-order valence-corrected chi connectivity index (χ4v) is 2.35. The number of benzene rings is 1. The molecule has 1 aliphatic heterocycles. The summed E-state index contributed by atoms with van der Waals surface area (Å²) in [6.45, 7) is 2.29. The Hall–Kier alpha value is -2.27. The molecule has 1 aliphatic rings. The summed E-state index contributed by atoms with van der Waals surface area (Å²) >= 11 is 0. The van der Waals surface area contributed by atoms with E-state index in [0.29, 0.717) is 6.54 Å². The van der Waals surface area contributed by atoms with E-state index in [1.807, 2.05) is 30.3 Å². The number of piperazine rings is 1. The zero-order valence-electron chi connectivity index (χ0n) is 11.2. The van der Waals surface area contributed by atoms with Crippen molar-refractivity contribution in [2.75, 3.05) is 6.54 Å². The number of rotatable bonds is 2. The fraction of sp³-hybridized carbons (Fsp3) is 0.267. The molecule has 2 heterocycles. The molecule has 1 aromatic carbocycles. The third-order valence-corrected chi connectivity index (χ3v) is 3.51. The van der Waals surface area contributed by atoms with Gasteiger partial charge in [0.05, 0.1) is 24.6 Å². The van der Waals surface area contributed by atoms with Crippen molar-refractivity contribution in [3.63, 3.8) is 0 Å². The van der Waals surface area contributed by atoms with Gasteiger partial charge in [-0.1, -0.05) is 12.1 Å². The monoisotopic (exact) mass is 269 g/mol. The quantitative estimate of drug-likeness (QED) is 0.829. The van der Waals surface area contributed by atoms with Crippen LogP contribution in [-0.4, -0.2) is 34.3 Å². The van der Waals surface area contributed by atoms with Crippen molar-refractivity contribution >= 4 is 22.7 Å². The molecule has 0 saturated carbocycles. The lowest BCUT2D eigenvalue weighted by molar-refractivity contribution is -0.149. The number of carbonyl (C=O) groups excluding carboxylic acids is 2. The van der Waals surface area contributed by atoms with Crippen LogP contribution in [0.15, 0.2) is 36.5 Å². The summed E-state index contributed by atoms with van der Waals surface area (Å²) < 4.78 is 0. The average molecular weight is 269 g/mol. The van der Waals surface area contributed by atoms with E-state index in [-0.39, 0.29) is 24.4 Å². The molecule has 0 radical (unpaired) electrons. The Morgan fingerprint density at radius 2 is 2.20 bits per heavy atom. The molecule has 2 aromatic rings. The number of hydrogen-bond donors (Lipinski definition) is 1. The van der Waals surface area contributed by atoms with Crippen LogP contribution in [0.2, 0.25) is 0 Å². The summed E-state index contributed by atoms with van der Waals surface area (Å²) in [4.78, 5) is 29.5. The first kappa shape index (κ1) is 12.7. The molecule has 0 aliphatic carbocycles. The van der Waals surface area contributed by atoms with Crippen LogP contribution in [0, 0.1) is 0 Å². The Kier molecular flexibility index (Phi) is 3.20. The van der Waals surface area contributed by atoms with Gasteiger partial charge >= 0.3 is 0 Å². The smallest absolute Gasteiger partial charge is 0.246 e. The van der Waals surface area contributed by atoms with Crippen LogP contribution in [0.1, 0.15) is 12.5 Å². The summed E-state index contributed by atoms with van der Waals surface area (Å²) in [5.74, 6) is -0.355. The van der Waals surface area contributed by atoms with Gasteiger partial charge in [0.25, 0.3) is 0 Å². The number of imide groups is 1. The molecule has 0 spiro atoms. The Labute approximate surface area is 116 Å². The van der Waals surface area contributed by atoms with Crippen molar-refractivity contribution in [3.8, 4) is 0 Å². The summed E-state index contributed by atoms with van der Waals surface area (Å²) in [5, 5.41) is 3.88. The van der Waals surface area contributed by atoms with E-state index in [9.17, 15) is 9.59 Å². The number of aromatic nitrogens is 1. The van der Waals surface area contributed by atoms with E-state index in [0.717, 1.165) is 16.5 Å². The lowest BCUT2D eigenvalue weighted by Gasteiger charge is -2.29. The molecule has 5 heteroatoms. The standard InChI is InChI=1S/C15H15N3O2/c1-10-15(20)18(14(19)8-17-10)9-11-4-5-13-12(7-11)3-2-6-16-13/h2-7,10,17H,8-9H2,1H3. The number of pyridine rings is 1. The SMILES string of the molecule is CC1NCC(=O)N(Cc2ccc3ncccc3c2)C1=O. The van der Waals surface area contributed by atoms with Gasteiger partial charge in [-0.2, -0.15) is 0 Å². The van der Waals surface area contributed by atoms with Gasteiger partial charge in [0.1, 0.15) is 0 Å². The van der Waals surface area contributed by atoms with Gasteiger partial charge in [-0.15, -0.1) is 0 Å². The highest BCUT2D eigenvalue weighted by Crippen LogP contribution is 2.16. The van der Waals surface area contributed by atoms with Crippen molar-refractivity contribution in [1.29, 1.82) is 0 Å². The number of fused-ring (bicyclic) bond motifs is 1. The molecular formula is C15H15N3O2. The highest BCUT2D eigenvalue weighted by atomic mass is 16.2. The van der Waals surface area contributed by atoms with Crippen molar-refractivity contribution in [3.05, 3.63) is 42.1 Å². The van der Waals surface area contributed by atoms with Crippen LogP contribution in [0.25, 0.3) is 10.9 Å². The topological polar surface area (TPSA) is 62.3 Å². The molecule has 20 heavy (non-hydrogen) atoms. The van der Waals surface area contributed by atoms with Gasteiger partial charge in [0.15, 0.2) is 0 Å². The molecule has 3 rings (SSSR count). The molecule has 5 nitrogen and oxygen atoms in total. The molecule has 1 unspecified atom stereocenters. The summed E-state index contributed by atoms with van der Waals surface area (Å²) in [6.07, 6.45) is 1.74. The van der Waals surface area contributed by atoms with Crippen LogP contribution in [0.3, 0.4) is 0 Å². The fourth-order valence-electron chi connectivity index (χ4n) is 2.35. The van der Waals surface area contributed by atoms with Gasteiger partial charge in [0.2, 0.25) is 11.8 Å². The number of carbonyl (C=O) groups is 2. The second-order valence-corrected chi connectivity index (χ2v) is 4.95. The van der Waals surface area contributed by atoms with Crippen molar-refractivity contribution < 1.29 is 9.59 Å². The lowest BCUT2D eigenvalue weighted by atomic mass is 10.1. The van der Waals surface area contributed by atoms with Crippen LogP contribution in [-0.2, 0) is 16.1 Å². The summed E-state index contributed by atoms with van der Waals surface area (Å²) in [6, 6.07) is 9.31.